The predicted octanol–water partition coefficient (Wildman–Crippen LogP) is 1.58. The van der Waals surface area contributed by atoms with Gasteiger partial charge in [0.2, 0.25) is 22.7 Å². The average Bonchev–Trinajstić information content (AvgIpc) is 3.23. The molecule has 0 saturated carbocycles. The lowest BCUT2D eigenvalue weighted by Gasteiger charge is -2.27. The number of benzene rings is 1. The van der Waals surface area contributed by atoms with Crippen molar-refractivity contribution >= 4 is 15.9 Å². The molecule has 138 valence electrons. The van der Waals surface area contributed by atoms with Crippen molar-refractivity contribution in [1.29, 1.82) is 0 Å². The third kappa shape index (κ3) is 3.74. The molecule has 3 rings (SSSR count). The van der Waals surface area contributed by atoms with Gasteiger partial charge in [-0.3, -0.25) is 4.79 Å². The van der Waals surface area contributed by atoms with Gasteiger partial charge in [-0.2, -0.15) is 4.31 Å². The predicted molar refractivity (Wildman–Crippen MR) is 92.8 cm³/mol. The molecule has 2 aliphatic rings. The fourth-order valence-corrected chi connectivity index (χ4v) is 5.08. The second-order valence-corrected chi connectivity index (χ2v) is 8.51. The number of sulfonamides is 1. The van der Waals surface area contributed by atoms with E-state index in [0.29, 0.717) is 37.4 Å². The van der Waals surface area contributed by atoms with Gasteiger partial charge >= 0.3 is 0 Å². The SMILES string of the molecule is CCCS(=O)(=O)N1CCCC1C(=O)N(C)Cc1ccc2c(c1)OCO2. The highest BCUT2D eigenvalue weighted by molar-refractivity contribution is 7.89. The Balaban J connectivity index is 1.69. The zero-order chi connectivity index (χ0) is 18.0. The first kappa shape index (κ1) is 18.0. The fourth-order valence-electron chi connectivity index (χ4n) is 3.34. The van der Waals surface area contributed by atoms with Crippen molar-refractivity contribution in [2.45, 2.75) is 38.8 Å². The Labute approximate surface area is 148 Å². The summed E-state index contributed by atoms with van der Waals surface area (Å²) in [5.41, 5.74) is 0.918. The summed E-state index contributed by atoms with van der Waals surface area (Å²) in [5.74, 6) is 1.30. The number of nitrogens with zero attached hydrogens (tertiary/aromatic N) is 2. The van der Waals surface area contributed by atoms with Crippen LogP contribution in [0.5, 0.6) is 11.5 Å². The van der Waals surface area contributed by atoms with E-state index in [2.05, 4.69) is 0 Å². The lowest BCUT2D eigenvalue weighted by atomic mass is 10.1. The Kier molecular flexibility index (Phi) is 5.19. The van der Waals surface area contributed by atoms with Crippen molar-refractivity contribution in [2.75, 3.05) is 26.1 Å². The lowest BCUT2D eigenvalue weighted by molar-refractivity contribution is -0.133. The molecule has 1 fully saturated rings. The van der Waals surface area contributed by atoms with Gasteiger partial charge in [0.25, 0.3) is 0 Å². The Morgan fingerprint density at radius 2 is 2.08 bits per heavy atom. The van der Waals surface area contributed by atoms with Crippen molar-refractivity contribution in [3.63, 3.8) is 0 Å². The number of carbonyl (C=O) groups excluding carboxylic acids is 1. The maximum absolute atomic E-state index is 12.8. The molecule has 0 bridgehead atoms. The van der Waals surface area contributed by atoms with Crippen LogP contribution in [-0.2, 0) is 21.4 Å². The fraction of sp³-hybridized carbons (Fsp3) is 0.588. The highest BCUT2D eigenvalue weighted by Crippen LogP contribution is 2.33. The third-order valence-corrected chi connectivity index (χ3v) is 6.62. The van der Waals surface area contributed by atoms with Gasteiger partial charge in [0.05, 0.1) is 5.75 Å². The number of fused-ring (bicyclic) bond motifs is 1. The van der Waals surface area contributed by atoms with Crippen molar-refractivity contribution in [3.05, 3.63) is 23.8 Å². The number of likely N-dealkylation sites (N-methyl/N-ethyl adjacent to an activating group) is 1. The molecule has 1 saturated heterocycles. The lowest BCUT2D eigenvalue weighted by Crippen LogP contribution is -2.46. The first-order chi connectivity index (χ1) is 11.9. The Morgan fingerprint density at radius 3 is 2.84 bits per heavy atom. The summed E-state index contributed by atoms with van der Waals surface area (Å²) in [4.78, 5) is 14.4. The summed E-state index contributed by atoms with van der Waals surface area (Å²) < 4.78 is 36.8. The summed E-state index contributed by atoms with van der Waals surface area (Å²) in [5, 5.41) is 0. The molecule has 0 N–H and O–H groups in total. The molecule has 8 heteroatoms. The van der Waals surface area contributed by atoms with Crippen LogP contribution in [0.3, 0.4) is 0 Å². The van der Waals surface area contributed by atoms with Gasteiger partial charge < -0.3 is 14.4 Å². The first-order valence-corrected chi connectivity index (χ1v) is 10.2. The molecule has 1 aromatic rings. The Hall–Kier alpha value is -1.80. The number of carbonyl (C=O) groups is 1. The maximum Gasteiger partial charge on any atom is 0.241 e. The molecule has 7 nitrogen and oxygen atoms in total. The van der Waals surface area contributed by atoms with E-state index in [9.17, 15) is 13.2 Å². The van der Waals surface area contributed by atoms with Gasteiger partial charge in [0.15, 0.2) is 11.5 Å². The summed E-state index contributed by atoms with van der Waals surface area (Å²) in [6.07, 6.45) is 1.84. The number of ether oxygens (including phenoxy) is 2. The van der Waals surface area contributed by atoms with Gasteiger partial charge in [0.1, 0.15) is 6.04 Å². The Morgan fingerprint density at radius 1 is 1.32 bits per heavy atom. The van der Waals surface area contributed by atoms with Gasteiger partial charge in [-0.25, -0.2) is 8.42 Å². The van der Waals surface area contributed by atoms with E-state index in [-0.39, 0.29) is 18.5 Å². The van der Waals surface area contributed by atoms with Gasteiger partial charge in [-0.15, -0.1) is 0 Å². The molecule has 1 amide bonds. The summed E-state index contributed by atoms with van der Waals surface area (Å²) in [6, 6.07) is 4.98. The number of hydrogen-bond acceptors (Lipinski definition) is 5. The van der Waals surface area contributed by atoms with E-state index in [1.807, 2.05) is 25.1 Å². The molecule has 1 unspecified atom stereocenters. The van der Waals surface area contributed by atoms with E-state index in [1.165, 1.54) is 4.31 Å². The molecule has 0 radical (unpaired) electrons. The highest BCUT2D eigenvalue weighted by atomic mass is 32.2. The van der Waals surface area contributed by atoms with Crippen LogP contribution < -0.4 is 9.47 Å². The summed E-state index contributed by atoms with van der Waals surface area (Å²) in [7, 11) is -1.67. The summed E-state index contributed by atoms with van der Waals surface area (Å²) in [6.45, 7) is 2.86. The normalized spacial score (nSPS) is 20.0. The van der Waals surface area contributed by atoms with Crippen molar-refractivity contribution in [2.24, 2.45) is 0 Å². The monoisotopic (exact) mass is 368 g/mol. The van der Waals surface area contributed by atoms with Crippen LogP contribution in [0.2, 0.25) is 0 Å². The van der Waals surface area contributed by atoms with Gasteiger partial charge in [0, 0.05) is 20.1 Å². The molecule has 0 aliphatic carbocycles. The maximum atomic E-state index is 12.8. The minimum Gasteiger partial charge on any atom is -0.454 e. The summed E-state index contributed by atoms with van der Waals surface area (Å²) >= 11 is 0. The van der Waals surface area contributed by atoms with Crippen LogP contribution in [0.15, 0.2) is 18.2 Å². The van der Waals surface area contributed by atoms with E-state index in [1.54, 1.807) is 11.9 Å². The van der Waals surface area contributed by atoms with Crippen LogP contribution >= 0.6 is 0 Å². The molecule has 2 heterocycles. The minimum atomic E-state index is -3.37. The topological polar surface area (TPSA) is 76.2 Å². The molecular weight excluding hydrogens is 344 g/mol. The third-order valence-electron chi connectivity index (χ3n) is 4.54. The zero-order valence-electron chi connectivity index (χ0n) is 14.6. The van der Waals surface area contributed by atoms with Gasteiger partial charge in [-0.05, 0) is 37.0 Å². The molecule has 0 aromatic heterocycles. The standard InChI is InChI=1S/C17H24N2O5S/c1-3-9-25(21,22)19-8-4-5-14(19)17(20)18(2)11-13-6-7-15-16(10-13)24-12-23-15/h6-7,10,14H,3-5,8-9,11-12H2,1-2H3. The first-order valence-electron chi connectivity index (χ1n) is 8.55. The number of hydrogen-bond donors (Lipinski definition) is 0. The molecular formula is C17H24N2O5S. The number of rotatable bonds is 6. The van der Waals surface area contributed by atoms with Crippen LogP contribution in [0.4, 0.5) is 0 Å². The van der Waals surface area contributed by atoms with E-state index < -0.39 is 16.1 Å². The van der Waals surface area contributed by atoms with E-state index in [4.69, 9.17) is 9.47 Å². The molecule has 1 aromatic carbocycles. The van der Waals surface area contributed by atoms with Crippen molar-refractivity contribution < 1.29 is 22.7 Å². The average molecular weight is 368 g/mol. The molecule has 1 atom stereocenters. The zero-order valence-corrected chi connectivity index (χ0v) is 15.4. The quantitative estimate of drug-likeness (QED) is 0.762. The number of amides is 1. The van der Waals surface area contributed by atoms with Crippen molar-refractivity contribution in [3.8, 4) is 11.5 Å². The van der Waals surface area contributed by atoms with Crippen LogP contribution in [0.1, 0.15) is 31.7 Å². The molecule has 2 aliphatic heterocycles. The molecule has 25 heavy (non-hydrogen) atoms. The van der Waals surface area contributed by atoms with Gasteiger partial charge in [-0.1, -0.05) is 13.0 Å². The molecule has 0 spiro atoms. The van der Waals surface area contributed by atoms with Crippen LogP contribution in [0.25, 0.3) is 0 Å². The highest BCUT2D eigenvalue weighted by Gasteiger charge is 2.39. The second kappa shape index (κ2) is 7.21. The van der Waals surface area contributed by atoms with E-state index >= 15 is 0 Å². The van der Waals surface area contributed by atoms with Crippen molar-refractivity contribution in [1.82, 2.24) is 9.21 Å². The van der Waals surface area contributed by atoms with E-state index in [0.717, 1.165) is 12.0 Å². The Bertz CT molecular complexity index is 749. The smallest absolute Gasteiger partial charge is 0.241 e. The largest absolute Gasteiger partial charge is 0.454 e. The van der Waals surface area contributed by atoms with Crippen LogP contribution in [0, 0.1) is 0 Å². The van der Waals surface area contributed by atoms with Crippen LogP contribution in [-0.4, -0.2) is 55.7 Å². The second-order valence-electron chi connectivity index (χ2n) is 6.47. The minimum absolute atomic E-state index is 0.0860.